The van der Waals surface area contributed by atoms with Gasteiger partial charge >= 0.3 is 0 Å². The van der Waals surface area contributed by atoms with Crippen LogP contribution in [0.25, 0.3) is 0 Å². The van der Waals surface area contributed by atoms with Crippen molar-refractivity contribution in [2.24, 2.45) is 0 Å². The van der Waals surface area contributed by atoms with E-state index in [4.69, 9.17) is 0 Å². The molecule has 2 aromatic rings. The van der Waals surface area contributed by atoms with Gasteiger partial charge < -0.3 is 5.32 Å². The molecule has 2 rings (SSSR count). The number of halogens is 3. The molecule has 0 aliphatic rings. The van der Waals surface area contributed by atoms with Crippen molar-refractivity contribution in [1.82, 2.24) is 5.32 Å². The van der Waals surface area contributed by atoms with Crippen LogP contribution < -0.4 is 5.32 Å². The van der Waals surface area contributed by atoms with Crippen LogP contribution in [0, 0.1) is 24.4 Å². The van der Waals surface area contributed by atoms with Crippen molar-refractivity contribution in [3.05, 3.63) is 70.5 Å². The van der Waals surface area contributed by atoms with Gasteiger partial charge in [0.05, 0.1) is 6.04 Å². The van der Waals surface area contributed by atoms with E-state index in [1.54, 1.807) is 0 Å². The molecular weight excluding hydrogens is 263 g/mol. The summed E-state index contributed by atoms with van der Waals surface area (Å²) in [7, 11) is 0. The second-order valence-electron chi connectivity index (χ2n) is 4.67. The van der Waals surface area contributed by atoms with Gasteiger partial charge in [0.25, 0.3) is 0 Å². The number of aryl methyl sites for hydroxylation is 1. The monoisotopic (exact) mass is 279 g/mol. The van der Waals surface area contributed by atoms with E-state index in [0.717, 1.165) is 17.2 Å². The third-order valence-electron chi connectivity index (χ3n) is 3.16. The summed E-state index contributed by atoms with van der Waals surface area (Å²) in [5.74, 6) is -3.75. The fraction of sp³-hybridized carbons (Fsp3) is 0.250. The summed E-state index contributed by atoms with van der Waals surface area (Å²) >= 11 is 0. The van der Waals surface area contributed by atoms with E-state index >= 15 is 0 Å². The second kappa shape index (κ2) is 6.09. The Hall–Kier alpha value is -1.81. The lowest BCUT2D eigenvalue weighted by Gasteiger charge is -2.20. The van der Waals surface area contributed by atoms with Crippen molar-refractivity contribution in [3.8, 4) is 0 Å². The van der Waals surface area contributed by atoms with E-state index in [-0.39, 0.29) is 5.56 Å². The van der Waals surface area contributed by atoms with Crippen molar-refractivity contribution < 1.29 is 13.2 Å². The first-order valence-corrected chi connectivity index (χ1v) is 6.48. The van der Waals surface area contributed by atoms with E-state index in [0.29, 0.717) is 6.54 Å². The molecule has 0 spiro atoms. The third-order valence-corrected chi connectivity index (χ3v) is 3.16. The van der Waals surface area contributed by atoms with Crippen LogP contribution in [0.2, 0.25) is 0 Å². The molecule has 0 aliphatic carbocycles. The van der Waals surface area contributed by atoms with E-state index < -0.39 is 23.5 Å². The summed E-state index contributed by atoms with van der Waals surface area (Å²) < 4.78 is 40.4. The Morgan fingerprint density at radius 1 is 1.05 bits per heavy atom. The average Bonchev–Trinajstić information content (AvgIpc) is 2.43. The highest BCUT2D eigenvalue weighted by Gasteiger charge is 2.21. The molecule has 1 unspecified atom stereocenters. The fourth-order valence-corrected chi connectivity index (χ4v) is 2.22. The lowest BCUT2D eigenvalue weighted by Crippen LogP contribution is -2.23. The first kappa shape index (κ1) is 14.6. The molecule has 1 N–H and O–H groups in total. The maximum Gasteiger partial charge on any atom is 0.194 e. The summed E-state index contributed by atoms with van der Waals surface area (Å²) in [5, 5.41) is 3.10. The van der Waals surface area contributed by atoms with E-state index in [1.165, 1.54) is 6.07 Å². The minimum absolute atomic E-state index is 0.108. The number of benzene rings is 2. The largest absolute Gasteiger partial charge is 0.306 e. The van der Waals surface area contributed by atoms with Crippen LogP contribution in [0.15, 0.2) is 36.4 Å². The molecule has 0 radical (unpaired) electrons. The Morgan fingerprint density at radius 3 is 2.45 bits per heavy atom. The van der Waals surface area contributed by atoms with Crippen LogP contribution in [-0.2, 0) is 0 Å². The van der Waals surface area contributed by atoms with Gasteiger partial charge in [0.15, 0.2) is 17.5 Å². The third kappa shape index (κ3) is 2.85. The van der Waals surface area contributed by atoms with E-state index in [1.807, 2.05) is 38.1 Å². The molecule has 0 fully saturated rings. The van der Waals surface area contributed by atoms with Gasteiger partial charge in [0.1, 0.15) is 0 Å². The van der Waals surface area contributed by atoms with Gasteiger partial charge in [-0.05, 0) is 25.1 Å². The molecule has 1 nitrogen and oxygen atoms in total. The van der Waals surface area contributed by atoms with Crippen molar-refractivity contribution in [1.29, 1.82) is 0 Å². The molecule has 0 aromatic heterocycles. The predicted octanol–water partition coefficient (Wildman–Crippen LogP) is 4.11. The molecule has 0 saturated heterocycles. The number of hydrogen-bond acceptors (Lipinski definition) is 1. The van der Waals surface area contributed by atoms with E-state index in [2.05, 4.69) is 5.32 Å². The Bertz CT molecular complexity index is 611. The quantitative estimate of drug-likeness (QED) is 0.830. The van der Waals surface area contributed by atoms with Crippen molar-refractivity contribution in [2.45, 2.75) is 19.9 Å². The minimum Gasteiger partial charge on any atom is -0.306 e. The number of nitrogens with one attached hydrogen (secondary N) is 1. The Morgan fingerprint density at radius 2 is 1.80 bits per heavy atom. The minimum atomic E-state index is -1.43. The highest BCUT2D eigenvalue weighted by atomic mass is 19.2. The molecule has 1 atom stereocenters. The molecule has 0 saturated carbocycles. The topological polar surface area (TPSA) is 12.0 Å². The smallest absolute Gasteiger partial charge is 0.194 e. The zero-order valence-electron chi connectivity index (χ0n) is 11.4. The predicted molar refractivity (Wildman–Crippen MR) is 73.0 cm³/mol. The molecule has 20 heavy (non-hydrogen) atoms. The van der Waals surface area contributed by atoms with Gasteiger partial charge in [-0.2, -0.15) is 0 Å². The van der Waals surface area contributed by atoms with Gasteiger partial charge in [-0.1, -0.05) is 42.8 Å². The van der Waals surface area contributed by atoms with Crippen LogP contribution in [-0.4, -0.2) is 6.54 Å². The van der Waals surface area contributed by atoms with Crippen molar-refractivity contribution in [2.75, 3.05) is 6.54 Å². The molecule has 2 aromatic carbocycles. The maximum absolute atomic E-state index is 14.0. The first-order valence-electron chi connectivity index (χ1n) is 6.48. The highest BCUT2D eigenvalue weighted by molar-refractivity contribution is 5.35. The maximum atomic E-state index is 14.0. The van der Waals surface area contributed by atoms with Crippen LogP contribution in [0.4, 0.5) is 13.2 Å². The SMILES string of the molecule is CCNC(c1cccc(C)c1)c1ccc(F)c(F)c1F. The zero-order chi connectivity index (χ0) is 14.7. The van der Waals surface area contributed by atoms with Crippen molar-refractivity contribution >= 4 is 0 Å². The average molecular weight is 279 g/mol. The van der Waals surface area contributed by atoms with Crippen LogP contribution in [0.1, 0.15) is 29.7 Å². The summed E-state index contributed by atoms with van der Waals surface area (Å²) in [6.07, 6.45) is 0. The second-order valence-corrected chi connectivity index (χ2v) is 4.67. The van der Waals surface area contributed by atoms with Gasteiger partial charge in [-0.25, -0.2) is 13.2 Å². The Balaban J connectivity index is 2.51. The molecule has 106 valence electrons. The summed E-state index contributed by atoms with van der Waals surface area (Å²) in [5.41, 5.74) is 1.95. The molecule has 0 heterocycles. The lowest BCUT2D eigenvalue weighted by molar-refractivity contribution is 0.433. The number of hydrogen-bond donors (Lipinski definition) is 1. The highest BCUT2D eigenvalue weighted by Crippen LogP contribution is 2.27. The van der Waals surface area contributed by atoms with Gasteiger partial charge in [-0.15, -0.1) is 0 Å². The van der Waals surface area contributed by atoms with Gasteiger partial charge in [0.2, 0.25) is 0 Å². The fourth-order valence-electron chi connectivity index (χ4n) is 2.22. The molecule has 0 aliphatic heterocycles. The van der Waals surface area contributed by atoms with Crippen LogP contribution >= 0.6 is 0 Å². The van der Waals surface area contributed by atoms with E-state index in [9.17, 15) is 13.2 Å². The Kier molecular flexibility index (Phi) is 4.45. The van der Waals surface area contributed by atoms with Crippen molar-refractivity contribution in [3.63, 3.8) is 0 Å². The van der Waals surface area contributed by atoms with Crippen LogP contribution in [0.3, 0.4) is 0 Å². The molecule has 0 amide bonds. The molecular formula is C16H16F3N. The normalized spacial score (nSPS) is 12.4. The molecule has 0 bridgehead atoms. The van der Waals surface area contributed by atoms with Gasteiger partial charge in [0, 0.05) is 5.56 Å². The lowest BCUT2D eigenvalue weighted by atomic mass is 9.96. The summed E-state index contributed by atoms with van der Waals surface area (Å²) in [6, 6.07) is 9.24. The first-order chi connectivity index (χ1) is 9.54. The van der Waals surface area contributed by atoms with Gasteiger partial charge in [-0.3, -0.25) is 0 Å². The Labute approximate surface area is 116 Å². The summed E-state index contributed by atoms with van der Waals surface area (Å²) in [6.45, 7) is 4.38. The van der Waals surface area contributed by atoms with Crippen LogP contribution in [0.5, 0.6) is 0 Å². The summed E-state index contributed by atoms with van der Waals surface area (Å²) in [4.78, 5) is 0. The number of rotatable bonds is 4. The standard InChI is InChI=1S/C16H16F3N/c1-3-20-16(11-6-4-5-10(2)9-11)12-7-8-13(17)15(19)14(12)18/h4-9,16,20H,3H2,1-2H3. The zero-order valence-corrected chi connectivity index (χ0v) is 11.4. The molecule has 4 heteroatoms.